The third-order valence-corrected chi connectivity index (χ3v) is 2.66. The van der Waals surface area contributed by atoms with E-state index in [0.29, 0.717) is 11.4 Å². The molecular weight excluding hydrogens is 215 g/mol. The smallest absolute Gasteiger partial charge is 0.768 e. The van der Waals surface area contributed by atoms with Crippen LogP contribution in [0.5, 0.6) is 0 Å². The average molecular weight is 226 g/mol. The van der Waals surface area contributed by atoms with Gasteiger partial charge in [0.2, 0.25) is 0 Å². The molecule has 14 heavy (non-hydrogen) atoms. The number of methoxy groups -OCH3 is 1. The molecule has 0 bridgehead atoms. The van der Waals surface area contributed by atoms with Crippen LogP contribution in [-0.4, -0.2) is 25.7 Å². The first kappa shape index (κ1) is 14.3. The predicted octanol–water partition coefficient (Wildman–Crippen LogP) is -2.65. The summed E-state index contributed by atoms with van der Waals surface area (Å²) in [5.74, 6) is 0. The third kappa shape index (κ3) is 2.88. The summed E-state index contributed by atoms with van der Waals surface area (Å²) in [7, 11) is 1.53. The Morgan fingerprint density at radius 2 is 2.14 bits per heavy atom. The van der Waals surface area contributed by atoms with Crippen LogP contribution in [0.15, 0.2) is 4.90 Å². The number of aryl methyl sites for hydroxylation is 1. The minimum atomic E-state index is -2.22. The van der Waals surface area contributed by atoms with Gasteiger partial charge in [-0.15, -0.1) is 0 Å². The Bertz CT molecular complexity index is 340. The van der Waals surface area contributed by atoms with Crippen LogP contribution in [0.1, 0.15) is 11.4 Å². The Balaban J connectivity index is 0.00000169. The number of nitrogens with zero attached hydrogens (tertiary/aromatic N) is 2. The van der Waals surface area contributed by atoms with Crippen molar-refractivity contribution in [2.24, 2.45) is 0 Å². The van der Waals surface area contributed by atoms with E-state index in [1.807, 2.05) is 0 Å². The van der Waals surface area contributed by atoms with Crippen LogP contribution >= 0.6 is 0 Å². The second kappa shape index (κ2) is 5.99. The van der Waals surface area contributed by atoms with E-state index < -0.39 is 11.1 Å². The second-order valence-corrected chi connectivity index (χ2v) is 3.53. The van der Waals surface area contributed by atoms with Crippen LogP contribution in [0.4, 0.5) is 0 Å². The molecule has 1 atom stereocenters. The maximum absolute atomic E-state index is 10.8. The number of hydrogen-bond donors (Lipinski definition) is 0. The van der Waals surface area contributed by atoms with Gasteiger partial charge in [0.15, 0.2) is 0 Å². The van der Waals surface area contributed by atoms with E-state index in [2.05, 4.69) is 5.10 Å². The molecular formula is C7H11N2NaO3S. The van der Waals surface area contributed by atoms with Crippen LogP contribution in [0.3, 0.4) is 0 Å². The molecule has 0 saturated heterocycles. The van der Waals surface area contributed by atoms with E-state index in [1.54, 1.807) is 13.8 Å². The summed E-state index contributed by atoms with van der Waals surface area (Å²) in [6.45, 7) is 3.62. The van der Waals surface area contributed by atoms with Crippen molar-refractivity contribution in [3.05, 3.63) is 11.4 Å². The largest absolute Gasteiger partial charge is 1.00 e. The summed E-state index contributed by atoms with van der Waals surface area (Å²) in [6, 6.07) is 0. The molecule has 1 unspecified atom stereocenters. The van der Waals surface area contributed by atoms with Crippen LogP contribution in [0.25, 0.3) is 0 Å². The SMILES string of the molecule is COCn1nc(C)c(S(=O)[O-])c1C.[Na+]. The molecule has 1 aromatic heterocycles. The van der Waals surface area contributed by atoms with Crippen molar-refractivity contribution in [1.82, 2.24) is 9.78 Å². The van der Waals surface area contributed by atoms with Gasteiger partial charge < -0.3 is 9.29 Å². The van der Waals surface area contributed by atoms with Gasteiger partial charge in [-0.2, -0.15) is 5.10 Å². The molecule has 0 aliphatic rings. The van der Waals surface area contributed by atoms with Gasteiger partial charge >= 0.3 is 29.6 Å². The summed E-state index contributed by atoms with van der Waals surface area (Å²) >= 11 is -2.22. The van der Waals surface area contributed by atoms with Gasteiger partial charge in [0.1, 0.15) is 6.73 Å². The van der Waals surface area contributed by atoms with Crippen molar-refractivity contribution in [3.63, 3.8) is 0 Å². The Labute approximate surface area is 107 Å². The molecule has 1 rings (SSSR count). The number of aromatic nitrogens is 2. The fraction of sp³-hybridized carbons (Fsp3) is 0.571. The molecule has 0 aliphatic carbocycles. The molecule has 0 aliphatic heterocycles. The minimum Gasteiger partial charge on any atom is -0.768 e. The molecule has 1 heterocycles. The number of ether oxygens (including phenoxy) is 1. The minimum absolute atomic E-state index is 0. The van der Waals surface area contributed by atoms with Gasteiger partial charge in [-0.25, -0.2) is 4.68 Å². The molecule has 0 aromatic carbocycles. The topological polar surface area (TPSA) is 67.2 Å². The summed E-state index contributed by atoms with van der Waals surface area (Å²) in [4.78, 5) is 0.261. The molecule has 1 aromatic rings. The molecule has 0 saturated carbocycles. The summed E-state index contributed by atoms with van der Waals surface area (Å²) in [5, 5.41) is 4.02. The zero-order valence-electron chi connectivity index (χ0n) is 8.73. The van der Waals surface area contributed by atoms with E-state index in [9.17, 15) is 8.76 Å². The van der Waals surface area contributed by atoms with Gasteiger partial charge in [0, 0.05) is 7.11 Å². The average Bonchev–Trinajstić information content (AvgIpc) is 2.28. The summed E-state index contributed by atoms with van der Waals surface area (Å²) in [6.07, 6.45) is 0. The number of hydrogen-bond acceptors (Lipinski definition) is 4. The second-order valence-electron chi connectivity index (χ2n) is 2.65. The van der Waals surface area contributed by atoms with Crippen LogP contribution in [0.2, 0.25) is 0 Å². The van der Waals surface area contributed by atoms with Crippen LogP contribution in [-0.2, 0) is 22.5 Å². The zero-order valence-corrected chi connectivity index (χ0v) is 11.6. The van der Waals surface area contributed by atoms with Crippen LogP contribution in [0, 0.1) is 13.8 Å². The Hall–Kier alpha value is 0.280. The van der Waals surface area contributed by atoms with E-state index >= 15 is 0 Å². The van der Waals surface area contributed by atoms with Gasteiger partial charge in [-0.05, 0) is 24.9 Å². The van der Waals surface area contributed by atoms with E-state index in [4.69, 9.17) is 4.74 Å². The van der Waals surface area contributed by atoms with Crippen molar-refractivity contribution < 1.29 is 43.1 Å². The molecule has 0 spiro atoms. The van der Waals surface area contributed by atoms with Gasteiger partial charge in [-0.1, -0.05) is 0 Å². The van der Waals surface area contributed by atoms with E-state index in [0.717, 1.165) is 0 Å². The fourth-order valence-electron chi connectivity index (χ4n) is 1.17. The first-order chi connectivity index (χ1) is 6.07. The first-order valence-electron chi connectivity index (χ1n) is 3.70. The van der Waals surface area contributed by atoms with Gasteiger partial charge in [-0.3, -0.25) is 4.21 Å². The van der Waals surface area contributed by atoms with Crippen LogP contribution < -0.4 is 29.6 Å². The molecule has 7 heteroatoms. The molecule has 0 amide bonds. The van der Waals surface area contributed by atoms with Crippen molar-refractivity contribution in [3.8, 4) is 0 Å². The van der Waals surface area contributed by atoms with Crippen molar-refractivity contribution in [2.45, 2.75) is 25.5 Å². The van der Waals surface area contributed by atoms with E-state index in [-0.39, 0.29) is 41.2 Å². The Morgan fingerprint density at radius 1 is 1.57 bits per heavy atom. The van der Waals surface area contributed by atoms with E-state index in [1.165, 1.54) is 11.8 Å². The maximum atomic E-state index is 10.8. The zero-order chi connectivity index (χ0) is 10.0. The third-order valence-electron chi connectivity index (χ3n) is 1.73. The summed E-state index contributed by atoms with van der Waals surface area (Å²) < 4.78 is 27.9. The fourth-order valence-corrected chi connectivity index (χ4v) is 1.80. The van der Waals surface area contributed by atoms with Crippen molar-refractivity contribution >= 4 is 11.1 Å². The maximum Gasteiger partial charge on any atom is 1.00 e. The number of rotatable bonds is 3. The van der Waals surface area contributed by atoms with Crippen molar-refractivity contribution in [2.75, 3.05) is 7.11 Å². The van der Waals surface area contributed by atoms with Gasteiger partial charge in [0.05, 0.1) is 16.3 Å². The normalized spacial score (nSPS) is 12.3. The predicted molar refractivity (Wildman–Crippen MR) is 45.9 cm³/mol. The quantitative estimate of drug-likeness (QED) is 0.417. The Kier molecular flexibility index (Phi) is 6.11. The summed E-state index contributed by atoms with van der Waals surface area (Å²) in [5.41, 5.74) is 1.11. The molecule has 0 N–H and O–H groups in total. The standard InChI is InChI=1S/C7H12N2O3S.Na/c1-5-7(13(10)11)6(2)9(8-5)4-12-3;/h4H2,1-3H3,(H,10,11);/q;+1/p-1. The monoisotopic (exact) mass is 226 g/mol. The van der Waals surface area contributed by atoms with Crippen molar-refractivity contribution in [1.29, 1.82) is 0 Å². The van der Waals surface area contributed by atoms with Gasteiger partial charge in [0.25, 0.3) is 0 Å². The molecule has 0 fully saturated rings. The molecule has 5 nitrogen and oxygen atoms in total. The molecule has 74 valence electrons. The Morgan fingerprint density at radius 3 is 2.50 bits per heavy atom. The molecule has 0 radical (unpaired) electrons. The first-order valence-corrected chi connectivity index (χ1v) is 4.77.